The van der Waals surface area contributed by atoms with Crippen LogP contribution in [0.1, 0.15) is 54.5 Å². The first-order valence-electron chi connectivity index (χ1n) is 14.4. The third-order valence-corrected chi connectivity index (χ3v) is 8.11. The molecule has 43 heavy (non-hydrogen) atoms. The molecular weight excluding hydrogens is 572 g/mol. The molecule has 0 saturated carbocycles. The van der Waals surface area contributed by atoms with Crippen molar-refractivity contribution < 1.29 is 18.3 Å². The van der Waals surface area contributed by atoms with Crippen LogP contribution in [-0.2, 0) is 6.42 Å². The number of ether oxygens (including phenoxy) is 1. The number of benzene rings is 1. The summed E-state index contributed by atoms with van der Waals surface area (Å²) in [5.41, 5.74) is 3.30. The minimum Gasteiger partial charge on any atom is -0.492 e. The number of nitrogens with one attached hydrogen (secondary N) is 1. The number of aromatic nitrogens is 3. The molecule has 1 amide bonds. The maximum absolute atomic E-state index is 14.5. The molecule has 0 radical (unpaired) electrons. The van der Waals surface area contributed by atoms with Gasteiger partial charge in [-0.3, -0.25) is 19.1 Å². The Morgan fingerprint density at radius 3 is 2.56 bits per heavy atom. The zero-order valence-electron chi connectivity index (χ0n) is 24.7. The number of thiazole rings is 1. The smallest absolute Gasteiger partial charge is 0.280 e. The van der Waals surface area contributed by atoms with E-state index in [2.05, 4.69) is 24.1 Å². The number of rotatable bonds is 9. The van der Waals surface area contributed by atoms with Gasteiger partial charge in [0.1, 0.15) is 16.5 Å². The molecule has 1 aliphatic rings. The molecule has 3 aromatic heterocycles. The topological polar surface area (TPSA) is 89.3 Å². The molecule has 0 unspecified atom stereocenters. The Labute approximate surface area is 253 Å². The summed E-state index contributed by atoms with van der Waals surface area (Å²) in [5.74, 6) is 0.561. The van der Waals surface area contributed by atoms with E-state index in [4.69, 9.17) is 9.72 Å². The first-order valence-corrected chi connectivity index (χ1v) is 15.3. The maximum Gasteiger partial charge on any atom is 0.280 e. The maximum atomic E-state index is 14.5. The number of nitrogens with zero attached hydrogens (tertiary/aromatic N) is 4. The van der Waals surface area contributed by atoms with Crippen LogP contribution in [0.25, 0.3) is 27.5 Å². The molecule has 1 aliphatic heterocycles. The zero-order valence-corrected chi connectivity index (χ0v) is 25.5. The van der Waals surface area contributed by atoms with Crippen LogP contribution in [0.3, 0.4) is 0 Å². The van der Waals surface area contributed by atoms with Crippen LogP contribution in [0, 0.1) is 12.8 Å². The molecular formula is C32H35F2N5O3S. The van der Waals surface area contributed by atoms with Gasteiger partial charge in [-0.1, -0.05) is 19.9 Å². The molecule has 0 spiro atoms. The van der Waals surface area contributed by atoms with Crippen LogP contribution >= 0.6 is 11.3 Å². The fourth-order valence-corrected chi connectivity index (χ4v) is 6.00. The molecule has 8 nitrogen and oxygen atoms in total. The molecule has 11 heteroatoms. The van der Waals surface area contributed by atoms with Gasteiger partial charge in [0.05, 0.1) is 29.1 Å². The number of piperazine rings is 1. The van der Waals surface area contributed by atoms with E-state index in [-0.39, 0.29) is 28.6 Å². The van der Waals surface area contributed by atoms with Crippen molar-refractivity contribution >= 4 is 17.2 Å². The number of carbonyl (C=O) groups excluding carboxylic acids is 1. The van der Waals surface area contributed by atoms with E-state index in [9.17, 15) is 18.4 Å². The number of hydrogen-bond acceptors (Lipinski definition) is 7. The van der Waals surface area contributed by atoms with Gasteiger partial charge in [0.15, 0.2) is 0 Å². The van der Waals surface area contributed by atoms with Gasteiger partial charge in [0.2, 0.25) is 0 Å². The van der Waals surface area contributed by atoms with Crippen molar-refractivity contribution in [2.24, 2.45) is 5.92 Å². The Morgan fingerprint density at radius 1 is 1.14 bits per heavy atom. The first kappa shape index (κ1) is 30.5. The first-order chi connectivity index (χ1) is 20.7. The standard InChI is InChI=1S/C32H35F2N5O3S/c1-5-42-28-9-6-20(4)15-27(28)39-26(14-19(2)3)22(31(40)38-12-10-35-11-13-38)16-23(32(39)41)30-37-25(18-43-30)21-7-8-24(29(33)34)36-17-21/h6-9,15-19,29,35H,5,10-14H2,1-4H3. The Hall–Kier alpha value is -3.96. The van der Waals surface area contributed by atoms with Crippen LogP contribution in [-0.4, -0.2) is 58.1 Å². The van der Waals surface area contributed by atoms with Crippen LogP contribution in [0.2, 0.25) is 0 Å². The molecule has 1 aromatic carbocycles. The second-order valence-corrected chi connectivity index (χ2v) is 11.8. The summed E-state index contributed by atoms with van der Waals surface area (Å²) in [6.07, 6.45) is -0.823. The van der Waals surface area contributed by atoms with Crippen LogP contribution in [0.15, 0.2) is 52.8 Å². The second-order valence-electron chi connectivity index (χ2n) is 10.9. The van der Waals surface area contributed by atoms with E-state index in [1.807, 2.05) is 36.9 Å². The number of carbonyl (C=O) groups is 1. The lowest BCUT2D eigenvalue weighted by molar-refractivity contribution is 0.0733. The summed E-state index contributed by atoms with van der Waals surface area (Å²) in [7, 11) is 0. The summed E-state index contributed by atoms with van der Waals surface area (Å²) in [6.45, 7) is 10.9. The third kappa shape index (κ3) is 6.52. The zero-order chi connectivity index (χ0) is 30.7. The van der Waals surface area contributed by atoms with Crippen LogP contribution < -0.4 is 15.6 Å². The van der Waals surface area contributed by atoms with Crippen molar-refractivity contribution in [2.75, 3.05) is 32.8 Å². The number of alkyl halides is 2. The Bertz CT molecular complexity index is 1660. The summed E-state index contributed by atoms with van der Waals surface area (Å²) < 4.78 is 33.7. The fraction of sp³-hybridized carbons (Fsp3) is 0.375. The van der Waals surface area contributed by atoms with Crippen molar-refractivity contribution in [1.29, 1.82) is 0 Å². The van der Waals surface area contributed by atoms with Gasteiger partial charge >= 0.3 is 0 Å². The van der Waals surface area contributed by atoms with Gasteiger partial charge < -0.3 is 15.0 Å². The van der Waals surface area contributed by atoms with Gasteiger partial charge in [0, 0.05) is 49.0 Å². The van der Waals surface area contributed by atoms with Gasteiger partial charge in [-0.2, -0.15) is 0 Å². The fourth-order valence-electron chi connectivity index (χ4n) is 5.17. The highest BCUT2D eigenvalue weighted by atomic mass is 32.1. The van der Waals surface area contributed by atoms with E-state index in [1.54, 1.807) is 16.0 Å². The van der Waals surface area contributed by atoms with Crippen LogP contribution in [0.5, 0.6) is 5.75 Å². The SMILES string of the molecule is CCOc1ccc(C)cc1-n1c(CC(C)C)c(C(=O)N2CCNCC2)cc(-c2nc(-c3ccc(C(F)F)nc3)cs2)c1=O. The summed E-state index contributed by atoms with van der Waals surface area (Å²) in [4.78, 5) is 39.0. The molecule has 0 aliphatic carbocycles. The molecule has 1 saturated heterocycles. The number of amides is 1. The quantitative estimate of drug-likeness (QED) is 0.255. The molecule has 4 heterocycles. The molecule has 1 N–H and O–H groups in total. The third-order valence-electron chi connectivity index (χ3n) is 7.23. The number of aryl methyl sites for hydroxylation is 1. The molecule has 0 bridgehead atoms. The number of hydrogen-bond donors (Lipinski definition) is 1. The highest BCUT2D eigenvalue weighted by Crippen LogP contribution is 2.32. The summed E-state index contributed by atoms with van der Waals surface area (Å²) in [5, 5.41) is 5.47. The number of pyridine rings is 2. The van der Waals surface area contributed by atoms with Crippen molar-refractivity contribution in [3.63, 3.8) is 0 Å². The van der Waals surface area contributed by atoms with Crippen molar-refractivity contribution in [1.82, 2.24) is 24.8 Å². The average molecular weight is 608 g/mol. The lowest BCUT2D eigenvalue weighted by Crippen LogP contribution is -2.47. The highest BCUT2D eigenvalue weighted by molar-refractivity contribution is 7.13. The minimum absolute atomic E-state index is 0.138. The molecule has 4 aromatic rings. The second kappa shape index (κ2) is 13.1. The van der Waals surface area contributed by atoms with Gasteiger partial charge in [0.25, 0.3) is 17.9 Å². The van der Waals surface area contributed by atoms with E-state index in [0.29, 0.717) is 78.2 Å². The molecule has 226 valence electrons. The highest BCUT2D eigenvalue weighted by Gasteiger charge is 2.28. The van der Waals surface area contributed by atoms with E-state index in [0.717, 1.165) is 5.56 Å². The summed E-state index contributed by atoms with van der Waals surface area (Å²) >= 11 is 1.25. The van der Waals surface area contributed by atoms with Crippen LogP contribution in [0.4, 0.5) is 8.78 Å². The monoisotopic (exact) mass is 607 g/mol. The predicted molar refractivity (Wildman–Crippen MR) is 165 cm³/mol. The lowest BCUT2D eigenvalue weighted by atomic mass is 9.99. The predicted octanol–water partition coefficient (Wildman–Crippen LogP) is 5.91. The molecule has 0 atom stereocenters. The largest absolute Gasteiger partial charge is 0.492 e. The Kier molecular flexibility index (Phi) is 9.31. The Morgan fingerprint density at radius 2 is 1.91 bits per heavy atom. The summed E-state index contributed by atoms with van der Waals surface area (Å²) in [6, 6.07) is 10.2. The van der Waals surface area contributed by atoms with Crippen molar-refractivity contribution in [2.45, 2.75) is 40.5 Å². The van der Waals surface area contributed by atoms with Crippen molar-refractivity contribution in [3.05, 3.63) is 80.8 Å². The van der Waals surface area contributed by atoms with E-state index >= 15 is 0 Å². The van der Waals surface area contributed by atoms with Crippen molar-refractivity contribution in [3.8, 4) is 33.3 Å². The van der Waals surface area contributed by atoms with Gasteiger partial charge in [-0.05, 0) is 62.1 Å². The van der Waals surface area contributed by atoms with Gasteiger partial charge in [-0.15, -0.1) is 11.3 Å². The lowest BCUT2D eigenvalue weighted by Gasteiger charge is -2.29. The molecule has 1 fully saturated rings. The molecule has 5 rings (SSSR count). The minimum atomic E-state index is -2.67. The van der Waals surface area contributed by atoms with Gasteiger partial charge in [-0.25, -0.2) is 13.8 Å². The number of halogens is 2. The Balaban J connectivity index is 1.74. The van der Waals surface area contributed by atoms with E-state index in [1.165, 1.54) is 29.7 Å². The average Bonchev–Trinajstić information content (AvgIpc) is 3.48. The van der Waals surface area contributed by atoms with E-state index < -0.39 is 6.43 Å². The normalized spacial score (nSPS) is 13.6.